The van der Waals surface area contributed by atoms with E-state index in [4.69, 9.17) is 10.5 Å². The molecule has 0 saturated carbocycles. The van der Waals surface area contributed by atoms with Gasteiger partial charge in [0.1, 0.15) is 5.75 Å². The van der Waals surface area contributed by atoms with Crippen LogP contribution in [0.5, 0.6) is 5.75 Å². The molecule has 2 heterocycles. The number of aliphatic hydroxyl groups is 1. The lowest BCUT2D eigenvalue weighted by Crippen LogP contribution is -2.25. The number of rotatable bonds is 3. The van der Waals surface area contributed by atoms with Gasteiger partial charge in [0.05, 0.1) is 22.3 Å². The minimum Gasteiger partial charge on any atom is -0.482 e. The Balaban J connectivity index is 2.02. The highest BCUT2D eigenvalue weighted by molar-refractivity contribution is 5.98. The van der Waals surface area contributed by atoms with Crippen LogP contribution in [0.25, 0.3) is 11.0 Å². The average Bonchev–Trinajstić information content (AvgIpc) is 2.67. The van der Waals surface area contributed by atoms with Crippen molar-refractivity contribution in [3.8, 4) is 5.75 Å². The van der Waals surface area contributed by atoms with E-state index in [-0.39, 0.29) is 12.5 Å². The summed E-state index contributed by atoms with van der Waals surface area (Å²) in [5.41, 5.74) is 7.29. The summed E-state index contributed by atoms with van der Waals surface area (Å²) in [4.78, 5) is 15.6. The van der Waals surface area contributed by atoms with Crippen LogP contribution >= 0.6 is 0 Å². The molecule has 1 aliphatic rings. The first kappa shape index (κ1) is 13.7. The van der Waals surface area contributed by atoms with Crippen LogP contribution < -0.4 is 15.8 Å². The molecule has 0 fully saturated rings. The number of hydrogen-bond acceptors (Lipinski definition) is 5. The van der Waals surface area contributed by atoms with Crippen LogP contribution in [0, 0.1) is 0 Å². The predicted molar refractivity (Wildman–Crippen MR) is 79.2 cm³/mol. The predicted octanol–water partition coefficient (Wildman–Crippen LogP) is 1.11. The number of anilines is 2. The van der Waals surface area contributed by atoms with E-state index in [1.807, 2.05) is 10.6 Å². The van der Waals surface area contributed by atoms with Gasteiger partial charge in [-0.1, -0.05) is 0 Å². The van der Waals surface area contributed by atoms with Crippen molar-refractivity contribution >= 4 is 28.6 Å². The number of hydrogen-bond donors (Lipinski definition) is 3. The number of fused-ring (bicyclic) bond motifs is 2. The van der Waals surface area contributed by atoms with E-state index in [9.17, 15) is 9.90 Å². The molecule has 0 bridgehead atoms. The van der Waals surface area contributed by atoms with Crippen LogP contribution in [0.4, 0.5) is 11.6 Å². The normalized spacial score (nSPS) is 14.7. The summed E-state index contributed by atoms with van der Waals surface area (Å²) in [6, 6.07) is 3.57. The number of imidazole rings is 1. The summed E-state index contributed by atoms with van der Waals surface area (Å²) < 4.78 is 7.25. The lowest BCUT2D eigenvalue weighted by Gasteiger charge is -2.19. The lowest BCUT2D eigenvalue weighted by molar-refractivity contribution is -0.118. The highest BCUT2D eigenvalue weighted by atomic mass is 16.5. The second-order valence-corrected chi connectivity index (χ2v) is 5.86. The van der Waals surface area contributed by atoms with Crippen LogP contribution in [-0.2, 0) is 11.3 Å². The van der Waals surface area contributed by atoms with Crippen molar-refractivity contribution in [2.24, 2.45) is 0 Å². The van der Waals surface area contributed by atoms with E-state index in [0.29, 0.717) is 35.9 Å². The zero-order valence-electron chi connectivity index (χ0n) is 12.0. The molecule has 7 heteroatoms. The monoisotopic (exact) mass is 290 g/mol. The van der Waals surface area contributed by atoms with Crippen molar-refractivity contribution in [1.29, 1.82) is 0 Å². The Labute approximate surface area is 121 Å². The van der Waals surface area contributed by atoms with Gasteiger partial charge < -0.3 is 25.5 Å². The molecule has 3 rings (SSSR count). The highest BCUT2D eigenvalue weighted by Crippen LogP contribution is 2.33. The van der Waals surface area contributed by atoms with Crippen molar-refractivity contribution in [1.82, 2.24) is 9.55 Å². The third kappa shape index (κ3) is 2.64. The molecule has 0 saturated heterocycles. The number of carbonyl (C=O) groups excluding carboxylic acids is 1. The number of nitrogens with zero attached hydrogens (tertiary/aromatic N) is 2. The average molecular weight is 290 g/mol. The van der Waals surface area contributed by atoms with E-state index in [1.54, 1.807) is 19.9 Å². The molecule has 1 aromatic carbocycles. The Hall–Kier alpha value is -2.28. The quantitative estimate of drug-likeness (QED) is 0.786. The van der Waals surface area contributed by atoms with E-state index >= 15 is 0 Å². The second-order valence-electron chi connectivity index (χ2n) is 5.86. The number of nitrogens with two attached hydrogens (primary N) is 1. The highest BCUT2D eigenvalue weighted by Gasteiger charge is 2.20. The Kier molecular flexibility index (Phi) is 3.02. The molecule has 1 aromatic heterocycles. The maximum absolute atomic E-state index is 11.3. The fourth-order valence-corrected chi connectivity index (χ4v) is 2.34. The van der Waals surface area contributed by atoms with E-state index in [2.05, 4.69) is 10.3 Å². The largest absolute Gasteiger partial charge is 0.482 e. The molecule has 7 nitrogen and oxygen atoms in total. The number of benzene rings is 1. The number of aryl methyl sites for hydroxylation is 1. The van der Waals surface area contributed by atoms with Crippen molar-refractivity contribution in [3.63, 3.8) is 0 Å². The maximum Gasteiger partial charge on any atom is 0.262 e. The third-order valence-electron chi connectivity index (χ3n) is 3.46. The van der Waals surface area contributed by atoms with E-state index < -0.39 is 5.60 Å². The van der Waals surface area contributed by atoms with Gasteiger partial charge >= 0.3 is 0 Å². The number of aromatic nitrogens is 2. The molecule has 0 spiro atoms. The molecule has 0 atom stereocenters. The number of carbonyl (C=O) groups is 1. The fourth-order valence-electron chi connectivity index (χ4n) is 2.34. The first-order valence-electron chi connectivity index (χ1n) is 6.78. The van der Waals surface area contributed by atoms with Crippen LogP contribution in [-0.4, -0.2) is 32.8 Å². The summed E-state index contributed by atoms with van der Waals surface area (Å²) in [6.45, 7) is 4.06. The number of nitrogens with one attached hydrogen (secondary N) is 1. The molecule has 1 amide bonds. The molecular formula is C14H18N4O3. The zero-order chi connectivity index (χ0) is 15.2. The van der Waals surface area contributed by atoms with Crippen LogP contribution in [0.15, 0.2) is 12.1 Å². The summed E-state index contributed by atoms with van der Waals surface area (Å²) >= 11 is 0. The summed E-state index contributed by atoms with van der Waals surface area (Å²) in [6.07, 6.45) is 0.553. The van der Waals surface area contributed by atoms with Gasteiger partial charge in [0.2, 0.25) is 5.95 Å². The topological polar surface area (TPSA) is 102 Å². The van der Waals surface area contributed by atoms with Crippen molar-refractivity contribution in [2.75, 3.05) is 17.7 Å². The van der Waals surface area contributed by atoms with Crippen molar-refractivity contribution in [2.45, 2.75) is 32.4 Å². The Morgan fingerprint density at radius 2 is 2.29 bits per heavy atom. The first-order valence-corrected chi connectivity index (χ1v) is 6.78. The van der Waals surface area contributed by atoms with Gasteiger partial charge in [-0.3, -0.25) is 4.79 Å². The lowest BCUT2D eigenvalue weighted by atomic mass is 10.1. The summed E-state index contributed by atoms with van der Waals surface area (Å²) in [7, 11) is 0. The van der Waals surface area contributed by atoms with E-state index in [0.717, 1.165) is 5.52 Å². The number of ether oxygens (including phenoxy) is 1. The summed E-state index contributed by atoms with van der Waals surface area (Å²) in [5, 5.41) is 12.6. The fraction of sp³-hybridized carbons (Fsp3) is 0.429. The van der Waals surface area contributed by atoms with Gasteiger partial charge in [-0.15, -0.1) is 0 Å². The molecule has 21 heavy (non-hydrogen) atoms. The van der Waals surface area contributed by atoms with E-state index in [1.165, 1.54) is 0 Å². The maximum atomic E-state index is 11.3. The molecule has 0 unspecified atom stereocenters. The van der Waals surface area contributed by atoms with Gasteiger partial charge in [0.15, 0.2) is 6.61 Å². The molecule has 2 aromatic rings. The smallest absolute Gasteiger partial charge is 0.262 e. The first-order chi connectivity index (χ1) is 9.83. The van der Waals surface area contributed by atoms with Gasteiger partial charge in [-0.2, -0.15) is 0 Å². The Bertz CT molecular complexity index is 715. The van der Waals surface area contributed by atoms with Crippen molar-refractivity contribution in [3.05, 3.63) is 12.1 Å². The standard InChI is InChI=1S/C14H18N4O3/c1-14(2,20)3-4-18-10-6-11-9(16-12(19)7-21-11)5-8(10)17-13(18)15/h5-6,20H,3-4,7H2,1-2H3,(H2,15,17)(H,16,19). The van der Waals surface area contributed by atoms with Gasteiger partial charge in [0, 0.05) is 12.6 Å². The van der Waals surface area contributed by atoms with Crippen LogP contribution in [0.2, 0.25) is 0 Å². The van der Waals surface area contributed by atoms with Crippen molar-refractivity contribution < 1.29 is 14.6 Å². The van der Waals surface area contributed by atoms with Crippen LogP contribution in [0.3, 0.4) is 0 Å². The minimum atomic E-state index is -0.776. The van der Waals surface area contributed by atoms with Crippen LogP contribution in [0.1, 0.15) is 20.3 Å². The summed E-state index contributed by atoms with van der Waals surface area (Å²) in [5.74, 6) is 0.797. The van der Waals surface area contributed by atoms with Gasteiger partial charge in [0.25, 0.3) is 5.91 Å². The molecule has 1 aliphatic heterocycles. The van der Waals surface area contributed by atoms with Gasteiger partial charge in [-0.25, -0.2) is 4.98 Å². The minimum absolute atomic E-state index is 0.00575. The van der Waals surface area contributed by atoms with Gasteiger partial charge in [-0.05, 0) is 26.3 Å². The zero-order valence-corrected chi connectivity index (χ0v) is 12.0. The number of nitrogen functional groups attached to an aromatic ring is 1. The Morgan fingerprint density at radius 1 is 1.52 bits per heavy atom. The number of amides is 1. The third-order valence-corrected chi connectivity index (χ3v) is 3.46. The molecule has 0 aliphatic carbocycles. The second kappa shape index (κ2) is 4.63. The molecular weight excluding hydrogens is 272 g/mol. The molecule has 4 N–H and O–H groups in total. The Morgan fingerprint density at radius 3 is 3.00 bits per heavy atom. The molecule has 0 radical (unpaired) electrons. The molecule has 112 valence electrons. The SMILES string of the molecule is CC(C)(O)CCn1c(N)nc2cc3c(cc21)OCC(=O)N3.